The summed E-state index contributed by atoms with van der Waals surface area (Å²) in [4.78, 5) is 0. The maximum Gasteiger partial charge on any atom is 0.287 e. The van der Waals surface area contributed by atoms with Gasteiger partial charge in [-0.25, -0.2) is 0 Å². The lowest BCUT2D eigenvalue weighted by atomic mass is 10.1. The van der Waals surface area contributed by atoms with Gasteiger partial charge in [-0.2, -0.15) is 18.6 Å². The van der Waals surface area contributed by atoms with Gasteiger partial charge in [0.25, 0.3) is 10.1 Å². The molecule has 4 nitrogen and oxygen atoms in total. The van der Waals surface area contributed by atoms with Crippen molar-refractivity contribution in [1.82, 2.24) is 0 Å². The van der Waals surface area contributed by atoms with Crippen molar-refractivity contribution in [2.45, 2.75) is 12.7 Å². The maximum atomic E-state index is 11.2. The fraction of sp³-hybridized carbons (Fsp3) is 0.200. The van der Waals surface area contributed by atoms with E-state index in [4.69, 9.17) is 0 Å². The molecule has 15 heavy (non-hydrogen) atoms. The molecule has 0 aliphatic carbocycles. The van der Waals surface area contributed by atoms with Gasteiger partial charge in [0.1, 0.15) is 5.75 Å². The van der Waals surface area contributed by atoms with E-state index in [1.165, 1.54) is 0 Å². The van der Waals surface area contributed by atoms with Crippen LogP contribution in [0.3, 0.4) is 0 Å². The minimum atomic E-state index is -3.67. The lowest BCUT2D eigenvalue weighted by Gasteiger charge is -2.04. The Labute approximate surface area is 89.4 Å². The van der Waals surface area contributed by atoms with E-state index < -0.39 is 10.1 Å². The number of rotatable bonds is 4. The van der Waals surface area contributed by atoms with E-state index in [1.807, 2.05) is 31.2 Å². The predicted molar refractivity (Wildman–Crippen MR) is 59.0 cm³/mol. The zero-order chi connectivity index (χ0) is 11.3. The van der Waals surface area contributed by atoms with Crippen LogP contribution in [0.15, 0.2) is 30.3 Å². The molecule has 0 aromatic heterocycles. The first kappa shape index (κ1) is 11.9. The normalized spacial score (nSPS) is 12.1. The second-order valence-corrected chi connectivity index (χ2v) is 4.59. The minimum Gasteiger partial charge on any atom is -0.198 e. The van der Waals surface area contributed by atoms with Crippen molar-refractivity contribution in [3.63, 3.8) is 0 Å². The van der Waals surface area contributed by atoms with Gasteiger partial charge in [-0.05, 0) is 18.1 Å². The van der Waals surface area contributed by atoms with Crippen molar-refractivity contribution in [3.8, 4) is 0 Å². The Kier molecular flexibility index (Phi) is 4.02. The Morgan fingerprint density at radius 1 is 1.40 bits per heavy atom. The number of nitrogens with two attached hydrogens (primary N) is 1. The topological polar surface area (TPSA) is 69.4 Å². The fourth-order valence-electron chi connectivity index (χ4n) is 1.23. The van der Waals surface area contributed by atoms with Crippen LogP contribution in [0, 0.1) is 0 Å². The zero-order valence-electron chi connectivity index (χ0n) is 8.38. The van der Waals surface area contributed by atoms with Crippen LogP contribution in [0.5, 0.6) is 0 Å². The molecule has 0 heterocycles. The standard InChI is InChI=1S/C10H13NO3S/c1-2-5-9-6-3-4-7-10(9)8-15(12,13)14-11/h2-7H,8,11H2,1H3/b5-2+. The minimum absolute atomic E-state index is 0.218. The molecule has 0 aliphatic rings. The highest BCUT2D eigenvalue weighted by Gasteiger charge is 2.12. The van der Waals surface area contributed by atoms with Crippen LogP contribution in [0.1, 0.15) is 18.1 Å². The van der Waals surface area contributed by atoms with E-state index in [9.17, 15) is 8.42 Å². The molecule has 82 valence electrons. The Bertz CT molecular complexity index is 451. The number of allylic oxidation sites excluding steroid dienone is 1. The van der Waals surface area contributed by atoms with E-state index in [0.717, 1.165) is 5.56 Å². The summed E-state index contributed by atoms with van der Waals surface area (Å²) in [5.74, 6) is 4.45. The molecule has 0 fully saturated rings. The van der Waals surface area contributed by atoms with Crippen LogP contribution in [0.2, 0.25) is 0 Å². The molecule has 0 unspecified atom stereocenters. The van der Waals surface area contributed by atoms with Gasteiger partial charge in [0.2, 0.25) is 0 Å². The van der Waals surface area contributed by atoms with Crippen molar-refractivity contribution in [1.29, 1.82) is 0 Å². The quantitative estimate of drug-likeness (QED) is 0.790. The third kappa shape index (κ3) is 3.47. The van der Waals surface area contributed by atoms with Crippen LogP contribution in [-0.4, -0.2) is 8.42 Å². The molecule has 0 saturated heterocycles. The Balaban J connectivity index is 3.04. The summed E-state index contributed by atoms with van der Waals surface area (Å²) in [7, 11) is -3.67. The molecule has 0 aliphatic heterocycles. The number of benzene rings is 1. The van der Waals surface area contributed by atoms with Crippen molar-refractivity contribution in [3.05, 3.63) is 41.5 Å². The summed E-state index contributed by atoms with van der Waals surface area (Å²) < 4.78 is 26.2. The molecule has 0 atom stereocenters. The first-order chi connectivity index (χ1) is 7.09. The molecular weight excluding hydrogens is 214 g/mol. The summed E-state index contributed by atoms with van der Waals surface area (Å²) in [5.41, 5.74) is 1.52. The lowest BCUT2D eigenvalue weighted by molar-refractivity contribution is 0.332. The zero-order valence-corrected chi connectivity index (χ0v) is 9.20. The van der Waals surface area contributed by atoms with E-state index >= 15 is 0 Å². The first-order valence-corrected chi connectivity index (χ1v) is 5.98. The fourth-order valence-corrected chi connectivity index (χ4v) is 1.94. The summed E-state index contributed by atoms with van der Waals surface area (Å²) >= 11 is 0. The van der Waals surface area contributed by atoms with Crippen LogP contribution in [0.25, 0.3) is 6.08 Å². The van der Waals surface area contributed by atoms with E-state index in [2.05, 4.69) is 10.2 Å². The molecule has 1 aromatic rings. The highest BCUT2D eigenvalue weighted by Crippen LogP contribution is 2.14. The second-order valence-electron chi connectivity index (χ2n) is 3.00. The highest BCUT2D eigenvalue weighted by molar-refractivity contribution is 7.85. The van der Waals surface area contributed by atoms with E-state index in [0.29, 0.717) is 5.56 Å². The van der Waals surface area contributed by atoms with Gasteiger partial charge in [-0.15, -0.1) is 0 Å². The molecule has 0 saturated carbocycles. The SMILES string of the molecule is C/C=C/c1ccccc1CS(=O)(=O)ON. The molecule has 1 rings (SSSR count). The second kappa shape index (κ2) is 5.06. The van der Waals surface area contributed by atoms with Gasteiger partial charge in [0.15, 0.2) is 0 Å². The predicted octanol–water partition coefficient (Wildman–Crippen LogP) is 1.44. The van der Waals surface area contributed by atoms with Crippen molar-refractivity contribution in [2.75, 3.05) is 0 Å². The maximum absolute atomic E-state index is 11.2. The Morgan fingerprint density at radius 2 is 2.07 bits per heavy atom. The van der Waals surface area contributed by atoms with Crippen molar-refractivity contribution < 1.29 is 12.7 Å². The van der Waals surface area contributed by atoms with Crippen LogP contribution < -0.4 is 5.90 Å². The smallest absolute Gasteiger partial charge is 0.198 e. The van der Waals surface area contributed by atoms with Crippen molar-refractivity contribution >= 4 is 16.2 Å². The van der Waals surface area contributed by atoms with E-state index in [-0.39, 0.29) is 5.75 Å². The number of hydrogen-bond acceptors (Lipinski definition) is 4. The van der Waals surface area contributed by atoms with Gasteiger partial charge in [-0.3, -0.25) is 0 Å². The molecule has 0 bridgehead atoms. The molecule has 5 heteroatoms. The summed E-state index contributed by atoms with van der Waals surface area (Å²) in [5, 5.41) is 0. The van der Waals surface area contributed by atoms with Gasteiger partial charge >= 0.3 is 0 Å². The molecule has 1 aromatic carbocycles. The monoisotopic (exact) mass is 227 g/mol. The largest absolute Gasteiger partial charge is 0.287 e. The van der Waals surface area contributed by atoms with Crippen molar-refractivity contribution in [2.24, 2.45) is 5.90 Å². The average Bonchev–Trinajstić information content (AvgIpc) is 2.21. The van der Waals surface area contributed by atoms with Crippen LogP contribution >= 0.6 is 0 Å². The average molecular weight is 227 g/mol. The van der Waals surface area contributed by atoms with Gasteiger partial charge in [-0.1, -0.05) is 36.4 Å². The molecule has 2 N–H and O–H groups in total. The molecular formula is C10H13NO3S. The lowest BCUT2D eigenvalue weighted by Crippen LogP contribution is -2.13. The highest BCUT2D eigenvalue weighted by atomic mass is 32.2. The molecule has 0 spiro atoms. The summed E-state index contributed by atoms with van der Waals surface area (Å²) in [6.45, 7) is 1.87. The van der Waals surface area contributed by atoms with Gasteiger partial charge < -0.3 is 0 Å². The number of hydrogen-bond donors (Lipinski definition) is 1. The van der Waals surface area contributed by atoms with Gasteiger partial charge in [0, 0.05) is 0 Å². The summed E-state index contributed by atoms with van der Waals surface area (Å²) in [6.07, 6.45) is 3.68. The molecule has 0 amide bonds. The van der Waals surface area contributed by atoms with Crippen LogP contribution in [0.4, 0.5) is 0 Å². The van der Waals surface area contributed by atoms with Crippen LogP contribution in [-0.2, 0) is 20.2 Å². The third-order valence-electron chi connectivity index (χ3n) is 1.88. The summed E-state index contributed by atoms with van der Waals surface area (Å²) in [6, 6.07) is 7.18. The van der Waals surface area contributed by atoms with E-state index in [1.54, 1.807) is 12.1 Å². The Hall–Kier alpha value is -1.17. The Morgan fingerprint density at radius 3 is 2.67 bits per heavy atom. The third-order valence-corrected chi connectivity index (χ3v) is 2.84. The van der Waals surface area contributed by atoms with Gasteiger partial charge in [0.05, 0.1) is 0 Å². The molecule has 0 radical (unpaired) electrons. The first-order valence-electron chi connectivity index (χ1n) is 4.40.